The third kappa shape index (κ3) is 3.31. The zero-order chi connectivity index (χ0) is 15.6. The molecule has 0 aliphatic carbocycles. The average Bonchev–Trinajstić information content (AvgIpc) is 2.74. The number of carbonyl (C=O) groups excluding carboxylic acids is 1. The monoisotopic (exact) mass is 309 g/mol. The van der Waals surface area contributed by atoms with Crippen LogP contribution < -0.4 is 5.73 Å². The first-order valence-corrected chi connectivity index (χ1v) is 7.33. The minimum Gasteiger partial charge on any atom is -0.397 e. The van der Waals surface area contributed by atoms with Crippen molar-refractivity contribution in [3.63, 3.8) is 0 Å². The van der Waals surface area contributed by atoms with Crippen LogP contribution in [0.3, 0.4) is 0 Å². The summed E-state index contributed by atoms with van der Waals surface area (Å²) < 4.78 is 4.85. The number of aromatic nitrogens is 1. The number of rotatable bonds is 5. The molecule has 0 aromatic carbocycles. The second-order valence-electron chi connectivity index (χ2n) is 4.95. The van der Waals surface area contributed by atoms with Crippen molar-refractivity contribution in [2.75, 3.05) is 33.0 Å². The summed E-state index contributed by atoms with van der Waals surface area (Å²) >= 11 is 1.27. The van der Waals surface area contributed by atoms with Crippen LogP contribution in [0, 0.1) is 6.92 Å². The smallest absolute Gasteiger partial charge is 0.265 e. The number of methoxy groups -OCH3 is 1. The SMILES string of the molecule is COCC(O)CN(C)C(=O)c1sc2nc(C)ccc2c1N. The summed E-state index contributed by atoms with van der Waals surface area (Å²) in [5.74, 6) is -0.219. The highest BCUT2D eigenvalue weighted by Gasteiger charge is 2.22. The van der Waals surface area contributed by atoms with Gasteiger partial charge in [-0.05, 0) is 19.1 Å². The van der Waals surface area contributed by atoms with Crippen molar-refractivity contribution in [2.24, 2.45) is 0 Å². The van der Waals surface area contributed by atoms with Crippen LogP contribution in [-0.4, -0.2) is 54.3 Å². The number of thiophene rings is 1. The van der Waals surface area contributed by atoms with Crippen LogP contribution in [0.25, 0.3) is 10.2 Å². The molecule has 0 bridgehead atoms. The van der Waals surface area contributed by atoms with Gasteiger partial charge < -0.3 is 20.5 Å². The second-order valence-corrected chi connectivity index (χ2v) is 5.94. The van der Waals surface area contributed by atoms with Gasteiger partial charge in [-0.3, -0.25) is 4.79 Å². The number of aliphatic hydroxyl groups excluding tert-OH is 1. The zero-order valence-electron chi connectivity index (χ0n) is 12.3. The molecule has 6 nitrogen and oxygen atoms in total. The number of hydrogen-bond acceptors (Lipinski definition) is 6. The molecule has 2 aromatic rings. The number of fused-ring (bicyclic) bond motifs is 1. The molecule has 2 aromatic heterocycles. The van der Waals surface area contributed by atoms with E-state index in [0.29, 0.717) is 10.6 Å². The van der Waals surface area contributed by atoms with E-state index in [2.05, 4.69) is 4.98 Å². The van der Waals surface area contributed by atoms with Crippen molar-refractivity contribution in [1.82, 2.24) is 9.88 Å². The average molecular weight is 309 g/mol. The van der Waals surface area contributed by atoms with Crippen LogP contribution in [0.1, 0.15) is 15.4 Å². The number of nitrogens with two attached hydrogens (primary N) is 1. The van der Waals surface area contributed by atoms with Crippen LogP contribution in [0.4, 0.5) is 5.69 Å². The van der Waals surface area contributed by atoms with E-state index in [4.69, 9.17) is 10.5 Å². The highest BCUT2D eigenvalue weighted by Crippen LogP contribution is 2.33. The number of pyridine rings is 1. The fourth-order valence-corrected chi connectivity index (χ4v) is 3.20. The minimum absolute atomic E-state index is 0.181. The Bertz CT molecular complexity index is 656. The molecule has 0 aliphatic heterocycles. The second kappa shape index (κ2) is 6.38. The summed E-state index contributed by atoms with van der Waals surface area (Å²) in [7, 11) is 3.13. The Hall–Kier alpha value is -1.70. The van der Waals surface area contributed by atoms with E-state index >= 15 is 0 Å². The summed E-state index contributed by atoms with van der Waals surface area (Å²) in [5.41, 5.74) is 7.38. The summed E-state index contributed by atoms with van der Waals surface area (Å²) in [4.78, 5) is 19.5. The minimum atomic E-state index is -0.722. The van der Waals surface area contributed by atoms with Gasteiger partial charge in [-0.15, -0.1) is 11.3 Å². The molecule has 1 unspecified atom stereocenters. The molecular weight excluding hydrogens is 290 g/mol. The predicted octanol–water partition coefficient (Wildman–Crippen LogP) is 1.27. The van der Waals surface area contributed by atoms with Crippen molar-refractivity contribution in [2.45, 2.75) is 13.0 Å². The molecule has 0 saturated carbocycles. The number of carbonyl (C=O) groups is 1. The van der Waals surface area contributed by atoms with Gasteiger partial charge >= 0.3 is 0 Å². The third-order valence-corrected chi connectivity index (χ3v) is 4.22. The van der Waals surface area contributed by atoms with E-state index in [1.165, 1.54) is 23.3 Å². The van der Waals surface area contributed by atoms with Crippen LogP contribution in [0.5, 0.6) is 0 Å². The number of ether oxygens (including phenoxy) is 1. The Kier molecular flexibility index (Phi) is 4.76. The maximum atomic E-state index is 12.4. The van der Waals surface area contributed by atoms with Gasteiger partial charge in [0.05, 0.1) is 18.4 Å². The topological polar surface area (TPSA) is 88.7 Å². The van der Waals surface area contributed by atoms with Crippen molar-refractivity contribution in [3.05, 3.63) is 22.7 Å². The molecule has 0 aliphatic rings. The molecule has 2 heterocycles. The van der Waals surface area contributed by atoms with E-state index in [9.17, 15) is 9.90 Å². The lowest BCUT2D eigenvalue weighted by atomic mass is 10.2. The van der Waals surface area contributed by atoms with Gasteiger partial charge in [0.25, 0.3) is 5.91 Å². The van der Waals surface area contributed by atoms with Crippen molar-refractivity contribution in [3.8, 4) is 0 Å². The molecule has 3 N–H and O–H groups in total. The quantitative estimate of drug-likeness (QED) is 0.868. The van der Waals surface area contributed by atoms with Crippen molar-refractivity contribution in [1.29, 1.82) is 0 Å². The number of nitrogen functional groups attached to an aromatic ring is 1. The van der Waals surface area contributed by atoms with Gasteiger partial charge in [-0.2, -0.15) is 0 Å². The van der Waals surface area contributed by atoms with Gasteiger partial charge in [0.2, 0.25) is 0 Å². The van der Waals surface area contributed by atoms with Crippen LogP contribution in [-0.2, 0) is 4.74 Å². The number of nitrogens with zero attached hydrogens (tertiary/aromatic N) is 2. The van der Waals surface area contributed by atoms with E-state index in [1.807, 2.05) is 19.1 Å². The number of aliphatic hydroxyl groups is 1. The normalized spacial score (nSPS) is 12.6. The van der Waals surface area contributed by atoms with E-state index in [-0.39, 0.29) is 19.1 Å². The number of amides is 1. The van der Waals surface area contributed by atoms with Gasteiger partial charge in [0.1, 0.15) is 9.71 Å². The molecule has 0 radical (unpaired) electrons. The molecule has 114 valence electrons. The molecule has 0 saturated heterocycles. The summed E-state index contributed by atoms with van der Waals surface area (Å²) in [6.07, 6.45) is -0.722. The molecule has 7 heteroatoms. The summed E-state index contributed by atoms with van der Waals surface area (Å²) in [6, 6.07) is 3.74. The lowest BCUT2D eigenvalue weighted by Gasteiger charge is -2.20. The maximum absolute atomic E-state index is 12.4. The predicted molar refractivity (Wildman–Crippen MR) is 83.6 cm³/mol. The zero-order valence-corrected chi connectivity index (χ0v) is 13.1. The van der Waals surface area contributed by atoms with E-state index in [1.54, 1.807) is 7.05 Å². The third-order valence-electron chi connectivity index (χ3n) is 3.12. The molecule has 21 heavy (non-hydrogen) atoms. The fraction of sp³-hybridized carbons (Fsp3) is 0.429. The Morgan fingerprint density at radius 3 is 2.95 bits per heavy atom. The van der Waals surface area contributed by atoms with Crippen LogP contribution in [0.2, 0.25) is 0 Å². The van der Waals surface area contributed by atoms with Gasteiger partial charge in [-0.1, -0.05) is 0 Å². The van der Waals surface area contributed by atoms with Crippen LogP contribution in [0.15, 0.2) is 12.1 Å². The largest absolute Gasteiger partial charge is 0.397 e. The van der Waals surface area contributed by atoms with Crippen molar-refractivity contribution >= 4 is 33.1 Å². The summed E-state index contributed by atoms with van der Waals surface area (Å²) in [5, 5.41) is 10.5. The lowest BCUT2D eigenvalue weighted by molar-refractivity contribution is 0.0382. The Morgan fingerprint density at radius 1 is 1.57 bits per heavy atom. The Morgan fingerprint density at radius 2 is 2.29 bits per heavy atom. The van der Waals surface area contributed by atoms with Gasteiger partial charge in [-0.25, -0.2) is 4.98 Å². The van der Waals surface area contributed by atoms with Gasteiger partial charge in [0, 0.05) is 31.8 Å². The molecule has 2 rings (SSSR count). The Balaban J connectivity index is 2.24. The molecular formula is C14H19N3O3S. The first-order valence-electron chi connectivity index (χ1n) is 6.52. The van der Waals surface area contributed by atoms with E-state index in [0.717, 1.165) is 15.9 Å². The standard InChI is InChI=1S/C14H19N3O3S/c1-8-4-5-10-11(15)12(21-13(10)16-8)14(19)17(2)6-9(18)7-20-3/h4-5,9,18H,6-7,15H2,1-3H3. The Labute approximate surface area is 127 Å². The highest BCUT2D eigenvalue weighted by atomic mass is 32.1. The number of likely N-dealkylation sites (N-methyl/N-ethyl adjacent to an activating group) is 1. The lowest BCUT2D eigenvalue weighted by Crippen LogP contribution is -2.36. The molecule has 1 amide bonds. The fourth-order valence-electron chi connectivity index (χ4n) is 2.07. The van der Waals surface area contributed by atoms with Crippen molar-refractivity contribution < 1.29 is 14.6 Å². The number of hydrogen-bond donors (Lipinski definition) is 2. The maximum Gasteiger partial charge on any atom is 0.265 e. The first-order chi connectivity index (χ1) is 9.93. The molecule has 0 spiro atoms. The molecule has 0 fully saturated rings. The number of anilines is 1. The number of aryl methyl sites for hydroxylation is 1. The summed E-state index contributed by atoms with van der Waals surface area (Å²) in [6.45, 7) is 2.26. The van der Waals surface area contributed by atoms with Crippen LogP contribution >= 0.6 is 11.3 Å². The van der Waals surface area contributed by atoms with E-state index < -0.39 is 6.10 Å². The van der Waals surface area contributed by atoms with Gasteiger partial charge in [0.15, 0.2) is 0 Å². The molecule has 1 atom stereocenters. The highest BCUT2D eigenvalue weighted by molar-refractivity contribution is 7.21. The first kappa shape index (κ1) is 15.7.